The van der Waals surface area contributed by atoms with E-state index in [2.05, 4.69) is 24.3 Å². The van der Waals surface area contributed by atoms with Crippen LogP contribution in [-0.2, 0) is 17.8 Å². The minimum absolute atomic E-state index is 0.104. The molecular formula is C19H26N4O4. The van der Waals surface area contributed by atoms with Crippen molar-refractivity contribution in [3.63, 3.8) is 0 Å². The second-order valence-corrected chi connectivity index (χ2v) is 6.92. The lowest BCUT2D eigenvalue weighted by Gasteiger charge is -2.10. The van der Waals surface area contributed by atoms with Gasteiger partial charge in [-0.3, -0.25) is 19.6 Å². The summed E-state index contributed by atoms with van der Waals surface area (Å²) in [5, 5.41) is 18.2. The van der Waals surface area contributed by atoms with Gasteiger partial charge in [-0.15, -0.1) is 0 Å². The molecule has 0 aliphatic carbocycles. The van der Waals surface area contributed by atoms with Crippen LogP contribution in [0.5, 0.6) is 5.75 Å². The average molecular weight is 374 g/mol. The molecule has 27 heavy (non-hydrogen) atoms. The molecule has 0 aliphatic heterocycles. The zero-order valence-corrected chi connectivity index (χ0v) is 16.4. The highest BCUT2D eigenvalue weighted by Crippen LogP contribution is 2.29. The van der Waals surface area contributed by atoms with Crippen LogP contribution in [0.25, 0.3) is 0 Å². The van der Waals surface area contributed by atoms with Gasteiger partial charge >= 0.3 is 0 Å². The Balaban J connectivity index is 2.08. The van der Waals surface area contributed by atoms with Crippen molar-refractivity contribution in [1.29, 1.82) is 0 Å². The fourth-order valence-electron chi connectivity index (χ4n) is 2.98. The van der Waals surface area contributed by atoms with Crippen molar-refractivity contribution in [2.75, 3.05) is 12.4 Å². The van der Waals surface area contributed by atoms with Crippen LogP contribution < -0.4 is 10.1 Å². The Kier molecular flexibility index (Phi) is 6.55. The van der Waals surface area contributed by atoms with E-state index in [-0.39, 0.29) is 18.0 Å². The van der Waals surface area contributed by atoms with Crippen molar-refractivity contribution in [3.8, 4) is 5.75 Å². The molecule has 0 radical (unpaired) electrons. The van der Waals surface area contributed by atoms with Crippen LogP contribution in [0.15, 0.2) is 18.2 Å². The normalized spacial score (nSPS) is 10.9. The summed E-state index contributed by atoms with van der Waals surface area (Å²) in [6.45, 7) is 9.07. The lowest BCUT2D eigenvalue weighted by Crippen LogP contribution is -2.14. The summed E-state index contributed by atoms with van der Waals surface area (Å²) in [4.78, 5) is 22.8. The molecule has 0 atom stereocenters. The summed E-state index contributed by atoms with van der Waals surface area (Å²) in [7, 11) is 1.45. The molecule has 0 fully saturated rings. The quantitative estimate of drug-likeness (QED) is 0.562. The van der Waals surface area contributed by atoms with Gasteiger partial charge in [-0.2, -0.15) is 5.10 Å². The van der Waals surface area contributed by atoms with Crippen LogP contribution in [0, 0.1) is 29.9 Å². The molecule has 0 unspecified atom stereocenters. The SMILES string of the molecule is COc1ccc([N+](=O)[O-])cc1NC(=O)CCc1c(C)nn(CC(C)C)c1C. The number of aryl methyl sites for hydroxylation is 1. The van der Waals surface area contributed by atoms with E-state index in [4.69, 9.17) is 4.74 Å². The number of carbonyl (C=O) groups is 1. The largest absolute Gasteiger partial charge is 0.495 e. The first-order valence-corrected chi connectivity index (χ1v) is 8.88. The molecule has 1 amide bonds. The van der Waals surface area contributed by atoms with Crippen molar-refractivity contribution in [3.05, 3.63) is 45.3 Å². The Morgan fingerprint density at radius 1 is 1.37 bits per heavy atom. The molecule has 146 valence electrons. The summed E-state index contributed by atoms with van der Waals surface area (Å²) in [6, 6.07) is 4.11. The maximum absolute atomic E-state index is 12.4. The van der Waals surface area contributed by atoms with E-state index >= 15 is 0 Å². The zero-order chi connectivity index (χ0) is 20.1. The van der Waals surface area contributed by atoms with Gasteiger partial charge in [0.05, 0.1) is 23.4 Å². The predicted octanol–water partition coefficient (Wildman–Crippen LogP) is 3.64. The maximum atomic E-state index is 12.4. The van der Waals surface area contributed by atoms with Crippen molar-refractivity contribution in [2.24, 2.45) is 5.92 Å². The lowest BCUT2D eigenvalue weighted by atomic mass is 10.1. The van der Waals surface area contributed by atoms with E-state index in [9.17, 15) is 14.9 Å². The highest BCUT2D eigenvalue weighted by Gasteiger charge is 2.16. The van der Waals surface area contributed by atoms with E-state index in [1.54, 1.807) is 0 Å². The van der Waals surface area contributed by atoms with Gasteiger partial charge in [0, 0.05) is 30.8 Å². The fourth-order valence-corrected chi connectivity index (χ4v) is 2.98. The number of ether oxygens (including phenoxy) is 1. The maximum Gasteiger partial charge on any atom is 0.271 e. The summed E-state index contributed by atoms with van der Waals surface area (Å²) in [5.41, 5.74) is 3.25. The Morgan fingerprint density at radius 3 is 2.67 bits per heavy atom. The van der Waals surface area contributed by atoms with E-state index in [1.807, 2.05) is 18.5 Å². The van der Waals surface area contributed by atoms with E-state index < -0.39 is 4.92 Å². The number of hydrogen-bond acceptors (Lipinski definition) is 5. The van der Waals surface area contributed by atoms with Crippen LogP contribution in [0.2, 0.25) is 0 Å². The molecule has 8 heteroatoms. The number of anilines is 1. The third-order valence-corrected chi connectivity index (χ3v) is 4.34. The van der Waals surface area contributed by atoms with Crippen LogP contribution in [0.4, 0.5) is 11.4 Å². The van der Waals surface area contributed by atoms with Crippen molar-refractivity contribution < 1.29 is 14.5 Å². The Labute approximate surface area is 158 Å². The third kappa shape index (κ3) is 5.06. The minimum atomic E-state index is -0.509. The molecule has 8 nitrogen and oxygen atoms in total. The number of benzene rings is 1. The number of rotatable bonds is 8. The van der Waals surface area contributed by atoms with Crippen LogP contribution in [-0.4, -0.2) is 27.7 Å². The zero-order valence-electron chi connectivity index (χ0n) is 16.4. The number of amides is 1. The first-order valence-electron chi connectivity index (χ1n) is 8.88. The Bertz CT molecular complexity index is 842. The summed E-state index contributed by atoms with van der Waals surface area (Å²) in [5.74, 6) is 0.635. The first-order chi connectivity index (χ1) is 12.7. The van der Waals surface area contributed by atoms with Gasteiger partial charge in [0.1, 0.15) is 5.75 Å². The minimum Gasteiger partial charge on any atom is -0.495 e. The van der Waals surface area contributed by atoms with E-state index in [1.165, 1.54) is 25.3 Å². The summed E-state index contributed by atoms with van der Waals surface area (Å²) >= 11 is 0. The van der Waals surface area contributed by atoms with Gasteiger partial charge in [0.2, 0.25) is 5.91 Å². The molecule has 1 heterocycles. The molecule has 2 aromatic rings. The molecule has 1 aromatic carbocycles. The summed E-state index contributed by atoms with van der Waals surface area (Å²) in [6.07, 6.45) is 0.805. The van der Waals surface area contributed by atoms with E-state index in [0.29, 0.717) is 23.8 Å². The van der Waals surface area contributed by atoms with Gasteiger partial charge in [-0.05, 0) is 37.8 Å². The first kappa shape index (κ1) is 20.4. The van der Waals surface area contributed by atoms with Gasteiger partial charge in [-0.25, -0.2) is 0 Å². The lowest BCUT2D eigenvalue weighted by molar-refractivity contribution is -0.384. The molecule has 1 N–H and O–H groups in total. The van der Waals surface area contributed by atoms with Crippen molar-refractivity contribution >= 4 is 17.3 Å². The molecule has 0 saturated carbocycles. The molecule has 1 aromatic heterocycles. The Hall–Kier alpha value is -2.90. The van der Waals surface area contributed by atoms with Crippen molar-refractivity contribution in [1.82, 2.24) is 9.78 Å². The smallest absolute Gasteiger partial charge is 0.271 e. The number of nitro groups is 1. The van der Waals surface area contributed by atoms with Gasteiger partial charge < -0.3 is 10.1 Å². The van der Waals surface area contributed by atoms with Gasteiger partial charge in [-0.1, -0.05) is 13.8 Å². The predicted molar refractivity (Wildman–Crippen MR) is 103 cm³/mol. The Morgan fingerprint density at radius 2 is 2.07 bits per heavy atom. The average Bonchev–Trinajstić information content (AvgIpc) is 2.85. The molecule has 0 bridgehead atoms. The number of non-ortho nitro benzene ring substituents is 1. The monoisotopic (exact) mass is 374 g/mol. The molecule has 0 spiro atoms. The van der Waals surface area contributed by atoms with Crippen LogP contribution in [0.1, 0.15) is 37.2 Å². The highest BCUT2D eigenvalue weighted by atomic mass is 16.6. The molecule has 0 saturated heterocycles. The van der Waals surface area contributed by atoms with E-state index in [0.717, 1.165) is 23.5 Å². The van der Waals surface area contributed by atoms with Crippen molar-refractivity contribution in [2.45, 2.75) is 47.1 Å². The van der Waals surface area contributed by atoms with Gasteiger partial charge in [0.25, 0.3) is 5.69 Å². The number of aromatic nitrogens is 2. The number of nitrogens with zero attached hydrogens (tertiary/aromatic N) is 3. The number of nitro benzene ring substituents is 1. The standard InChI is InChI=1S/C19H26N4O4/c1-12(2)11-22-14(4)16(13(3)21-22)7-9-19(24)20-17-10-15(23(25)26)6-8-18(17)27-5/h6,8,10,12H,7,9,11H2,1-5H3,(H,20,24). The number of nitrogens with one attached hydrogen (secondary N) is 1. The number of methoxy groups -OCH3 is 1. The van der Waals surface area contributed by atoms with Crippen LogP contribution >= 0.6 is 0 Å². The highest BCUT2D eigenvalue weighted by molar-refractivity contribution is 5.92. The fraction of sp³-hybridized carbons (Fsp3) is 0.474. The molecular weight excluding hydrogens is 348 g/mol. The van der Waals surface area contributed by atoms with Crippen LogP contribution in [0.3, 0.4) is 0 Å². The summed E-state index contributed by atoms with van der Waals surface area (Å²) < 4.78 is 7.15. The number of carbonyl (C=O) groups excluding carboxylic acids is 1. The third-order valence-electron chi connectivity index (χ3n) is 4.34. The molecule has 2 rings (SSSR count). The second-order valence-electron chi connectivity index (χ2n) is 6.92. The second kappa shape index (κ2) is 8.66. The number of hydrogen-bond donors (Lipinski definition) is 1. The topological polar surface area (TPSA) is 99.3 Å². The van der Waals surface area contributed by atoms with Gasteiger partial charge in [0.15, 0.2) is 0 Å². The molecule has 0 aliphatic rings.